The van der Waals surface area contributed by atoms with Gasteiger partial charge in [0.1, 0.15) is 11.8 Å². The number of allylic oxidation sites excluding steroid dienone is 4. The number of hydrogen-bond acceptors (Lipinski definition) is 3. The van der Waals surface area contributed by atoms with Crippen molar-refractivity contribution in [3.63, 3.8) is 0 Å². The third-order valence-corrected chi connectivity index (χ3v) is 2.79. The molecule has 1 aliphatic carbocycles. The van der Waals surface area contributed by atoms with Crippen LogP contribution in [-0.4, -0.2) is 7.11 Å². The summed E-state index contributed by atoms with van der Waals surface area (Å²) in [6, 6.07) is 9.88. The Morgan fingerprint density at radius 1 is 1.28 bits per heavy atom. The van der Waals surface area contributed by atoms with Gasteiger partial charge < -0.3 is 10.5 Å². The minimum Gasteiger partial charge on any atom is -0.497 e. The Morgan fingerprint density at radius 2 is 2.00 bits per heavy atom. The second-order valence-electron chi connectivity index (χ2n) is 4.05. The predicted octanol–water partition coefficient (Wildman–Crippen LogP) is 2.77. The van der Waals surface area contributed by atoms with E-state index in [-0.39, 0.29) is 0 Å². The molecule has 0 heterocycles. The molecule has 2 N–H and O–H groups in total. The van der Waals surface area contributed by atoms with E-state index in [2.05, 4.69) is 12.1 Å². The third kappa shape index (κ3) is 2.61. The van der Waals surface area contributed by atoms with Crippen molar-refractivity contribution in [2.45, 2.75) is 6.42 Å². The zero-order valence-corrected chi connectivity index (χ0v) is 10.2. The predicted molar refractivity (Wildman–Crippen MR) is 71.6 cm³/mol. The molecule has 0 aromatic heterocycles. The normalized spacial score (nSPS) is 16.8. The summed E-state index contributed by atoms with van der Waals surface area (Å²) >= 11 is 0. The number of rotatable bonds is 2. The monoisotopic (exact) mass is 238 g/mol. The fourth-order valence-electron chi connectivity index (χ4n) is 1.79. The van der Waals surface area contributed by atoms with Crippen LogP contribution in [0.15, 0.2) is 53.3 Å². The lowest BCUT2D eigenvalue weighted by molar-refractivity contribution is 0.415. The van der Waals surface area contributed by atoms with Crippen molar-refractivity contribution < 1.29 is 4.74 Å². The van der Waals surface area contributed by atoms with Crippen LogP contribution < -0.4 is 10.5 Å². The van der Waals surface area contributed by atoms with E-state index < -0.39 is 0 Å². The summed E-state index contributed by atoms with van der Waals surface area (Å²) in [4.78, 5) is 0. The summed E-state index contributed by atoms with van der Waals surface area (Å²) in [7, 11) is 1.65. The molecule has 1 aromatic carbocycles. The molecule has 0 amide bonds. The molecule has 0 saturated heterocycles. The summed E-state index contributed by atoms with van der Waals surface area (Å²) < 4.78 is 5.11. The summed E-state index contributed by atoms with van der Waals surface area (Å²) in [6.45, 7) is 0. The molecule has 0 radical (unpaired) electrons. The lowest BCUT2D eigenvalue weighted by Crippen LogP contribution is -2.04. The van der Waals surface area contributed by atoms with Gasteiger partial charge in [-0.25, -0.2) is 0 Å². The molecule has 0 aliphatic heterocycles. The summed E-state index contributed by atoms with van der Waals surface area (Å²) in [5, 5.41) is 8.82. The molecular weight excluding hydrogens is 224 g/mol. The zero-order chi connectivity index (χ0) is 13.0. The minimum absolute atomic E-state index is 0.557. The van der Waals surface area contributed by atoms with E-state index in [1.807, 2.05) is 30.3 Å². The van der Waals surface area contributed by atoms with Gasteiger partial charge in [-0.2, -0.15) is 5.26 Å². The summed E-state index contributed by atoms with van der Waals surface area (Å²) in [5.41, 5.74) is 9.19. The molecule has 90 valence electrons. The van der Waals surface area contributed by atoms with Gasteiger partial charge in [-0.05, 0) is 29.3 Å². The van der Waals surface area contributed by atoms with Gasteiger partial charge in [0, 0.05) is 12.1 Å². The Balaban J connectivity index is 2.19. The quantitative estimate of drug-likeness (QED) is 0.861. The van der Waals surface area contributed by atoms with Gasteiger partial charge >= 0.3 is 0 Å². The maximum absolute atomic E-state index is 8.82. The van der Waals surface area contributed by atoms with Crippen LogP contribution >= 0.6 is 0 Å². The van der Waals surface area contributed by atoms with E-state index in [0.717, 1.165) is 16.9 Å². The molecule has 1 aliphatic rings. The van der Waals surface area contributed by atoms with Gasteiger partial charge in [-0.3, -0.25) is 0 Å². The number of hydrogen-bond donors (Lipinski definition) is 1. The molecule has 3 nitrogen and oxygen atoms in total. The molecule has 3 heteroatoms. The molecule has 1 aromatic rings. The van der Waals surface area contributed by atoms with Crippen molar-refractivity contribution in [3.05, 3.63) is 58.8 Å². The van der Waals surface area contributed by atoms with Crippen LogP contribution in [0.2, 0.25) is 0 Å². The highest BCUT2D eigenvalue weighted by Crippen LogP contribution is 2.22. The number of methoxy groups -OCH3 is 1. The number of benzene rings is 1. The van der Waals surface area contributed by atoms with Crippen molar-refractivity contribution in [2.24, 2.45) is 5.73 Å². The van der Waals surface area contributed by atoms with Crippen molar-refractivity contribution in [1.29, 1.82) is 5.26 Å². The molecule has 0 bridgehead atoms. The van der Waals surface area contributed by atoms with Crippen molar-refractivity contribution in [3.8, 4) is 11.8 Å². The van der Waals surface area contributed by atoms with E-state index >= 15 is 0 Å². The zero-order valence-electron chi connectivity index (χ0n) is 10.2. The first-order valence-corrected chi connectivity index (χ1v) is 5.64. The largest absolute Gasteiger partial charge is 0.497 e. The lowest BCUT2D eigenvalue weighted by atomic mass is 9.98. The van der Waals surface area contributed by atoms with Crippen molar-refractivity contribution in [2.75, 3.05) is 7.11 Å². The third-order valence-electron chi connectivity index (χ3n) is 2.79. The molecule has 0 atom stereocenters. The van der Waals surface area contributed by atoms with E-state index in [1.165, 1.54) is 0 Å². The van der Waals surface area contributed by atoms with Crippen LogP contribution in [0.4, 0.5) is 0 Å². The van der Waals surface area contributed by atoms with E-state index in [0.29, 0.717) is 17.7 Å². The van der Waals surface area contributed by atoms with Gasteiger partial charge in [-0.1, -0.05) is 24.3 Å². The van der Waals surface area contributed by atoms with E-state index in [1.54, 1.807) is 13.2 Å². The number of nitrogens with zero attached hydrogens (tertiary/aromatic N) is 1. The Hall–Kier alpha value is -2.47. The number of nitrogens with two attached hydrogens (primary N) is 1. The summed E-state index contributed by atoms with van der Waals surface area (Å²) in [6.07, 6.45) is 6.36. The molecule has 0 fully saturated rings. The number of ether oxygens (including phenoxy) is 1. The average molecular weight is 238 g/mol. The smallest absolute Gasteiger partial charge is 0.118 e. The molecular formula is C15H14N2O. The van der Waals surface area contributed by atoms with Gasteiger partial charge in [0.05, 0.1) is 12.7 Å². The Kier molecular flexibility index (Phi) is 3.49. The van der Waals surface area contributed by atoms with E-state index in [9.17, 15) is 0 Å². The van der Waals surface area contributed by atoms with E-state index in [4.69, 9.17) is 15.7 Å². The highest BCUT2D eigenvalue weighted by molar-refractivity contribution is 5.60. The fraction of sp³-hybridized carbons (Fsp3) is 0.133. The molecule has 0 unspecified atom stereocenters. The first-order valence-electron chi connectivity index (χ1n) is 5.64. The second kappa shape index (κ2) is 5.24. The van der Waals surface area contributed by atoms with Crippen molar-refractivity contribution in [1.82, 2.24) is 0 Å². The summed E-state index contributed by atoms with van der Waals surface area (Å²) in [5.74, 6) is 0.836. The van der Waals surface area contributed by atoms with Crippen LogP contribution in [0.25, 0.3) is 6.08 Å². The average Bonchev–Trinajstić information content (AvgIpc) is 2.40. The standard InChI is InChI=1S/C15H14N2O/c1-18-14-6-3-11(4-7-14)8-12-2-5-13(10-16)15(17)9-12/h2-8H,9,17H2,1H3. The topological polar surface area (TPSA) is 59.0 Å². The van der Waals surface area contributed by atoms with Crippen LogP contribution in [-0.2, 0) is 0 Å². The SMILES string of the molecule is COc1ccc(C=C2C=CC(C#N)=C(N)C2)cc1. The second-order valence-corrected chi connectivity index (χ2v) is 4.05. The maximum Gasteiger partial charge on any atom is 0.118 e. The highest BCUT2D eigenvalue weighted by atomic mass is 16.5. The van der Waals surface area contributed by atoms with Crippen LogP contribution in [0, 0.1) is 11.3 Å². The molecule has 2 rings (SSSR count). The van der Waals surface area contributed by atoms with Gasteiger partial charge in [0.25, 0.3) is 0 Å². The van der Waals surface area contributed by atoms with Gasteiger partial charge in [0.15, 0.2) is 0 Å². The van der Waals surface area contributed by atoms with Gasteiger partial charge in [0.2, 0.25) is 0 Å². The van der Waals surface area contributed by atoms with Crippen molar-refractivity contribution >= 4 is 6.08 Å². The Bertz CT molecular complexity index is 572. The maximum atomic E-state index is 8.82. The van der Waals surface area contributed by atoms with Crippen LogP contribution in [0.5, 0.6) is 5.75 Å². The fourth-order valence-corrected chi connectivity index (χ4v) is 1.79. The molecule has 0 saturated carbocycles. The van der Waals surface area contributed by atoms with Crippen LogP contribution in [0.3, 0.4) is 0 Å². The lowest BCUT2D eigenvalue weighted by Gasteiger charge is -2.10. The molecule has 18 heavy (non-hydrogen) atoms. The Morgan fingerprint density at radius 3 is 2.56 bits per heavy atom. The minimum atomic E-state index is 0.557. The highest BCUT2D eigenvalue weighted by Gasteiger charge is 2.07. The number of nitriles is 1. The van der Waals surface area contributed by atoms with Crippen LogP contribution in [0.1, 0.15) is 12.0 Å². The first-order chi connectivity index (χ1) is 8.72. The first kappa shape index (κ1) is 12.0. The Labute approximate surface area is 106 Å². The molecule has 0 spiro atoms. The van der Waals surface area contributed by atoms with Gasteiger partial charge in [-0.15, -0.1) is 0 Å².